The highest BCUT2D eigenvalue weighted by Crippen LogP contribution is 2.33. The standard InChI is InChI=1S/C11H15NO/c12-7-9-5-1-3-8-4-2-6-10(13)11(8)9/h3H,1-2,4-7,12H2. The lowest BCUT2D eigenvalue weighted by Crippen LogP contribution is -2.19. The largest absolute Gasteiger partial charge is 0.327 e. The predicted octanol–water partition coefficient (Wildman–Crippen LogP) is 1.71. The maximum absolute atomic E-state index is 11.6. The van der Waals surface area contributed by atoms with Crippen molar-refractivity contribution in [3.8, 4) is 0 Å². The molecule has 0 saturated heterocycles. The number of ketones is 1. The third kappa shape index (κ3) is 1.46. The Balaban J connectivity index is 2.40. The molecule has 2 aliphatic rings. The summed E-state index contributed by atoms with van der Waals surface area (Å²) in [7, 11) is 0. The molecule has 2 nitrogen and oxygen atoms in total. The highest BCUT2D eigenvalue weighted by Gasteiger charge is 2.24. The summed E-state index contributed by atoms with van der Waals surface area (Å²) in [5.41, 5.74) is 9.07. The summed E-state index contributed by atoms with van der Waals surface area (Å²) in [6.07, 6.45) is 7.08. The minimum absolute atomic E-state index is 0.317. The fourth-order valence-corrected chi connectivity index (χ4v) is 2.25. The summed E-state index contributed by atoms with van der Waals surface area (Å²) in [5.74, 6) is 0.317. The van der Waals surface area contributed by atoms with E-state index in [0.717, 1.165) is 37.7 Å². The number of allylic oxidation sites excluding steroid dienone is 3. The molecule has 70 valence electrons. The fraction of sp³-hybridized carbons (Fsp3) is 0.545. The van der Waals surface area contributed by atoms with Crippen LogP contribution >= 0.6 is 0 Å². The Morgan fingerprint density at radius 3 is 2.92 bits per heavy atom. The molecule has 0 aromatic rings. The van der Waals surface area contributed by atoms with Crippen LogP contribution in [0.5, 0.6) is 0 Å². The van der Waals surface area contributed by atoms with Crippen molar-refractivity contribution in [2.24, 2.45) is 5.73 Å². The smallest absolute Gasteiger partial charge is 0.163 e. The van der Waals surface area contributed by atoms with E-state index in [1.165, 1.54) is 11.1 Å². The molecular formula is C11H15NO. The first-order chi connectivity index (χ1) is 6.33. The van der Waals surface area contributed by atoms with Crippen LogP contribution in [0.3, 0.4) is 0 Å². The van der Waals surface area contributed by atoms with Crippen molar-refractivity contribution >= 4 is 5.78 Å². The third-order valence-electron chi connectivity index (χ3n) is 2.89. The van der Waals surface area contributed by atoms with E-state index in [0.29, 0.717) is 12.3 Å². The van der Waals surface area contributed by atoms with E-state index in [1.807, 2.05) is 0 Å². The Bertz CT molecular complexity index is 299. The molecule has 0 heterocycles. The monoisotopic (exact) mass is 177 g/mol. The SMILES string of the molecule is NCC1=C2C(=O)CCCC2=CCC1. The van der Waals surface area contributed by atoms with Crippen molar-refractivity contribution in [3.05, 3.63) is 22.8 Å². The minimum Gasteiger partial charge on any atom is -0.327 e. The van der Waals surface area contributed by atoms with Gasteiger partial charge in [-0.15, -0.1) is 0 Å². The topological polar surface area (TPSA) is 43.1 Å². The normalized spacial score (nSPS) is 22.8. The van der Waals surface area contributed by atoms with Gasteiger partial charge in [-0.2, -0.15) is 0 Å². The van der Waals surface area contributed by atoms with E-state index in [9.17, 15) is 4.79 Å². The van der Waals surface area contributed by atoms with E-state index < -0.39 is 0 Å². The summed E-state index contributed by atoms with van der Waals surface area (Å²) in [5, 5.41) is 0. The second kappa shape index (κ2) is 3.46. The van der Waals surface area contributed by atoms with E-state index in [-0.39, 0.29) is 0 Å². The number of hydrogen-bond acceptors (Lipinski definition) is 2. The van der Waals surface area contributed by atoms with Gasteiger partial charge in [-0.3, -0.25) is 4.79 Å². The van der Waals surface area contributed by atoms with Gasteiger partial charge in [0.2, 0.25) is 0 Å². The predicted molar refractivity (Wildman–Crippen MR) is 52.3 cm³/mol. The number of Topliss-reactive ketones (excluding diaryl/α,β-unsaturated/α-hetero) is 1. The number of carbonyl (C=O) groups is 1. The molecule has 0 radical (unpaired) electrons. The number of nitrogens with two attached hydrogens (primary N) is 1. The van der Waals surface area contributed by atoms with Crippen LogP contribution in [0, 0.1) is 0 Å². The third-order valence-corrected chi connectivity index (χ3v) is 2.89. The van der Waals surface area contributed by atoms with Crippen molar-refractivity contribution in [2.45, 2.75) is 32.1 Å². The number of hydrogen-bond donors (Lipinski definition) is 1. The van der Waals surface area contributed by atoms with E-state index in [2.05, 4.69) is 6.08 Å². The summed E-state index contributed by atoms with van der Waals surface area (Å²) >= 11 is 0. The molecule has 1 fully saturated rings. The molecule has 0 aromatic carbocycles. The van der Waals surface area contributed by atoms with Crippen LogP contribution in [0.2, 0.25) is 0 Å². The molecule has 0 spiro atoms. The lowest BCUT2D eigenvalue weighted by atomic mass is 9.80. The molecular weight excluding hydrogens is 162 g/mol. The van der Waals surface area contributed by atoms with Crippen LogP contribution in [0.25, 0.3) is 0 Å². The van der Waals surface area contributed by atoms with Gasteiger partial charge >= 0.3 is 0 Å². The molecule has 0 atom stereocenters. The van der Waals surface area contributed by atoms with Crippen molar-refractivity contribution in [1.29, 1.82) is 0 Å². The van der Waals surface area contributed by atoms with Gasteiger partial charge in [0.25, 0.3) is 0 Å². The van der Waals surface area contributed by atoms with Gasteiger partial charge < -0.3 is 5.73 Å². The Morgan fingerprint density at radius 2 is 2.15 bits per heavy atom. The first-order valence-electron chi connectivity index (χ1n) is 4.97. The van der Waals surface area contributed by atoms with Gasteiger partial charge in [-0.25, -0.2) is 0 Å². The van der Waals surface area contributed by atoms with Crippen LogP contribution in [0.15, 0.2) is 22.8 Å². The molecule has 2 N–H and O–H groups in total. The second-order valence-corrected chi connectivity index (χ2v) is 3.73. The molecule has 2 rings (SSSR count). The summed E-state index contributed by atoms with van der Waals surface area (Å²) < 4.78 is 0. The van der Waals surface area contributed by atoms with Crippen molar-refractivity contribution in [3.63, 3.8) is 0 Å². The van der Waals surface area contributed by atoms with Crippen molar-refractivity contribution in [1.82, 2.24) is 0 Å². The number of fused-ring (bicyclic) bond motifs is 1. The average molecular weight is 177 g/mol. The maximum atomic E-state index is 11.6. The highest BCUT2D eigenvalue weighted by atomic mass is 16.1. The van der Waals surface area contributed by atoms with Gasteiger partial charge in [-0.1, -0.05) is 6.08 Å². The zero-order chi connectivity index (χ0) is 9.26. The van der Waals surface area contributed by atoms with Crippen molar-refractivity contribution in [2.75, 3.05) is 6.54 Å². The van der Waals surface area contributed by atoms with Crippen LogP contribution in [0.4, 0.5) is 0 Å². The van der Waals surface area contributed by atoms with Crippen LogP contribution in [0.1, 0.15) is 32.1 Å². The molecule has 0 amide bonds. The van der Waals surface area contributed by atoms with Gasteiger partial charge in [0.05, 0.1) is 0 Å². The fourth-order valence-electron chi connectivity index (χ4n) is 2.25. The summed E-state index contributed by atoms with van der Waals surface area (Å²) in [4.78, 5) is 11.6. The van der Waals surface area contributed by atoms with E-state index in [1.54, 1.807) is 0 Å². The van der Waals surface area contributed by atoms with E-state index >= 15 is 0 Å². The van der Waals surface area contributed by atoms with Crippen LogP contribution in [-0.4, -0.2) is 12.3 Å². The lowest BCUT2D eigenvalue weighted by molar-refractivity contribution is -0.116. The number of rotatable bonds is 1. The average Bonchev–Trinajstić information content (AvgIpc) is 2.17. The second-order valence-electron chi connectivity index (χ2n) is 3.73. The Kier molecular flexibility index (Phi) is 2.32. The van der Waals surface area contributed by atoms with Crippen molar-refractivity contribution < 1.29 is 4.79 Å². The summed E-state index contributed by atoms with van der Waals surface area (Å²) in [6, 6.07) is 0. The Hall–Kier alpha value is -0.890. The van der Waals surface area contributed by atoms with Gasteiger partial charge in [0, 0.05) is 18.5 Å². The zero-order valence-corrected chi connectivity index (χ0v) is 7.81. The van der Waals surface area contributed by atoms with Gasteiger partial charge in [0.1, 0.15) is 0 Å². The van der Waals surface area contributed by atoms with E-state index in [4.69, 9.17) is 5.73 Å². The Labute approximate surface area is 78.5 Å². The minimum atomic E-state index is 0.317. The molecule has 0 aliphatic heterocycles. The summed E-state index contributed by atoms with van der Waals surface area (Å²) in [6.45, 7) is 0.554. The quantitative estimate of drug-likeness (QED) is 0.662. The Morgan fingerprint density at radius 1 is 1.31 bits per heavy atom. The molecule has 0 unspecified atom stereocenters. The molecule has 2 aliphatic carbocycles. The maximum Gasteiger partial charge on any atom is 0.163 e. The number of carbonyl (C=O) groups excluding carboxylic acids is 1. The lowest BCUT2D eigenvalue weighted by Gasteiger charge is -2.24. The molecule has 0 bridgehead atoms. The highest BCUT2D eigenvalue weighted by molar-refractivity contribution is 6.01. The molecule has 13 heavy (non-hydrogen) atoms. The molecule has 0 aromatic heterocycles. The zero-order valence-electron chi connectivity index (χ0n) is 7.81. The van der Waals surface area contributed by atoms with Gasteiger partial charge in [-0.05, 0) is 36.8 Å². The molecule has 2 heteroatoms. The van der Waals surface area contributed by atoms with Crippen LogP contribution < -0.4 is 5.73 Å². The van der Waals surface area contributed by atoms with Gasteiger partial charge in [0.15, 0.2) is 5.78 Å². The van der Waals surface area contributed by atoms with Crippen LogP contribution in [-0.2, 0) is 4.79 Å². The molecule has 1 saturated carbocycles. The first-order valence-corrected chi connectivity index (χ1v) is 4.97. The first kappa shape index (κ1) is 8.70.